The van der Waals surface area contributed by atoms with Gasteiger partial charge in [-0.3, -0.25) is 0 Å². The second kappa shape index (κ2) is 13.4. The Bertz CT molecular complexity index is 101. The smallest absolute Gasteiger partial charge is 0.839 e. The fourth-order valence-corrected chi connectivity index (χ4v) is 0. The van der Waals surface area contributed by atoms with E-state index in [1.54, 1.807) is 26.2 Å². The quantitative estimate of drug-likeness (QED) is 0.474. The Labute approximate surface area is 180 Å². The third-order valence-corrected chi connectivity index (χ3v) is 8.85. The van der Waals surface area contributed by atoms with E-state index in [-0.39, 0.29) is 103 Å². The van der Waals surface area contributed by atoms with E-state index in [9.17, 15) is 9.59 Å². The SMILES string of the molecule is C[Si](C)([O-])O[SiH3].C[Si](C)([O-])O[SiH3].[K+].[K+]. The molecule has 0 heterocycles. The molecular formula is C4H18K2O4Si4. The Kier molecular flexibility index (Phi) is 25.4. The zero-order chi connectivity index (χ0) is 10.4. The summed E-state index contributed by atoms with van der Waals surface area (Å²) >= 11 is 0. The van der Waals surface area contributed by atoms with Crippen LogP contribution in [0.15, 0.2) is 0 Å². The Balaban J connectivity index is -0.0000000625. The van der Waals surface area contributed by atoms with Crippen molar-refractivity contribution in [3.05, 3.63) is 0 Å². The van der Waals surface area contributed by atoms with Crippen molar-refractivity contribution in [2.45, 2.75) is 26.2 Å². The van der Waals surface area contributed by atoms with Gasteiger partial charge in [-0.2, -0.15) is 0 Å². The summed E-state index contributed by atoms with van der Waals surface area (Å²) in [6.07, 6.45) is 0. The van der Waals surface area contributed by atoms with Crippen molar-refractivity contribution in [3.63, 3.8) is 0 Å². The summed E-state index contributed by atoms with van der Waals surface area (Å²) in [7, 11) is -3.44. The minimum Gasteiger partial charge on any atom is -0.839 e. The number of hydrogen-bond acceptors (Lipinski definition) is 4. The van der Waals surface area contributed by atoms with Gasteiger partial charge >= 0.3 is 103 Å². The van der Waals surface area contributed by atoms with Crippen LogP contribution in [0.25, 0.3) is 0 Å². The first kappa shape index (κ1) is 26.5. The molecular weight excluding hydrogens is 303 g/mol. The molecule has 4 nitrogen and oxygen atoms in total. The molecule has 0 aromatic carbocycles. The summed E-state index contributed by atoms with van der Waals surface area (Å²) in [6.45, 7) is 6.56. The third-order valence-electron chi connectivity index (χ3n) is 0.983. The van der Waals surface area contributed by atoms with Gasteiger partial charge in [0.15, 0.2) is 0 Å². The van der Waals surface area contributed by atoms with E-state index < -0.39 is 17.1 Å². The summed E-state index contributed by atoms with van der Waals surface area (Å²) in [4.78, 5) is 20.8. The van der Waals surface area contributed by atoms with Crippen molar-refractivity contribution in [1.29, 1.82) is 0 Å². The van der Waals surface area contributed by atoms with Crippen LogP contribution < -0.4 is 112 Å². The van der Waals surface area contributed by atoms with Crippen LogP contribution in [0.1, 0.15) is 0 Å². The molecule has 0 amide bonds. The molecule has 0 saturated carbocycles. The average molecular weight is 321 g/mol. The molecule has 0 bridgehead atoms. The molecule has 0 aromatic heterocycles. The van der Waals surface area contributed by atoms with Crippen LogP contribution in [0.2, 0.25) is 26.2 Å². The number of rotatable bonds is 2. The number of hydrogen-bond donors (Lipinski definition) is 0. The van der Waals surface area contributed by atoms with E-state index in [1.165, 1.54) is 0 Å². The summed E-state index contributed by atoms with van der Waals surface area (Å²) < 4.78 is 9.32. The molecule has 0 radical (unpaired) electrons. The standard InChI is InChI=1S/2C2H9O2Si2.2K/c2*1-6(2,3)4-5;;/h2*1-2,5H3;;/q2*-1;2*+1. The fraction of sp³-hybridized carbons (Fsp3) is 1.00. The van der Waals surface area contributed by atoms with E-state index >= 15 is 0 Å². The minimum absolute atomic E-state index is 0. The maximum Gasteiger partial charge on any atom is 1.00 e. The fourth-order valence-electron chi connectivity index (χ4n) is 0. The molecule has 0 N–H and O–H groups in total. The van der Waals surface area contributed by atoms with Crippen LogP contribution >= 0.6 is 0 Å². The molecule has 0 aromatic rings. The van der Waals surface area contributed by atoms with Gasteiger partial charge in [0.2, 0.25) is 0 Å². The van der Waals surface area contributed by atoms with Crippen LogP contribution in [0, 0.1) is 0 Å². The molecule has 76 valence electrons. The van der Waals surface area contributed by atoms with Gasteiger partial charge in [0, 0.05) is 0 Å². The first-order valence-electron chi connectivity index (χ1n) is 3.63. The average Bonchev–Trinajstić information content (AvgIpc) is 1.86. The summed E-state index contributed by atoms with van der Waals surface area (Å²) in [5.41, 5.74) is 0. The van der Waals surface area contributed by atoms with Gasteiger partial charge in [-0.25, -0.2) is 0 Å². The van der Waals surface area contributed by atoms with Gasteiger partial charge in [-0.05, 0) is 0 Å². The zero-order valence-corrected chi connectivity index (χ0v) is 22.9. The van der Waals surface area contributed by atoms with E-state index in [4.69, 9.17) is 0 Å². The van der Waals surface area contributed by atoms with Crippen molar-refractivity contribution in [1.82, 2.24) is 0 Å². The summed E-state index contributed by atoms with van der Waals surface area (Å²) in [5.74, 6) is 0. The normalized spacial score (nSPS) is 10.7. The van der Waals surface area contributed by atoms with Crippen molar-refractivity contribution in [3.8, 4) is 0 Å². The Morgan fingerprint density at radius 2 is 0.857 bits per heavy atom. The second-order valence-corrected chi connectivity index (χ2v) is 12.1. The molecule has 14 heavy (non-hydrogen) atoms. The molecule has 0 aliphatic heterocycles. The van der Waals surface area contributed by atoms with Gasteiger partial charge in [0.05, 0.1) is 17.1 Å². The molecule has 10 heteroatoms. The predicted octanol–water partition coefficient (Wildman–Crippen LogP) is -9.30. The topological polar surface area (TPSA) is 64.6 Å². The zero-order valence-electron chi connectivity index (χ0n) is 10.6. The Morgan fingerprint density at radius 3 is 0.857 bits per heavy atom. The van der Waals surface area contributed by atoms with E-state index in [0.29, 0.717) is 21.0 Å². The summed E-state index contributed by atoms with van der Waals surface area (Å²) in [5, 5.41) is 0. The van der Waals surface area contributed by atoms with Gasteiger partial charge in [-0.1, -0.05) is 26.2 Å². The predicted molar refractivity (Wildman–Crippen MR) is 57.0 cm³/mol. The van der Waals surface area contributed by atoms with Gasteiger partial charge in [-0.15, -0.1) is 0 Å². The van der Waals surface area contributed by atoms with Gasteiger partial charge in [0.25, 0.3) is 0 Å². The molecule has 0 unspecified atom stereocenters. The molecule has 0 aliphatic rings. The molecule has 0 fully saturated rings. The first-order valence-corrected chi connectivity index (χ1v) is 10.9. The molecule has 0 spiro atoms. The molecule has 0 saturated heterocycles. The van der Waals surface area contributed by atoms with E-state index in [1.807, 2.05) is 0 Å². The monoisotopic (exact) mass is 320 g/mol. The van der Waals surface area contributed by atoms with Gasteiger partial charge < -0.3 is 17.8 Å². The minimum atomic E-state index is -2.32. The van der Waals surface area contributed by atoms with Crippen LogP contribution in [-0.4, -0.2) is 38.1 Å². The van der Waals surface area contributed by atoms with Crippen LogP contribution in [0.4, 0.5) is 0 Å². The van der Waals surface area contributed by atoms with E-state index in [0.717, 1.165) is 0 Å². The molecule has 0 atom stereocenters. The van der Waals surface area contributed by atoms with Gasteiger partial charge in [0.1, 0.15) is 21.0 Å². The van der Waals surface area contributed by atoms with E-state index in [2.05, 4.69) is 8.23 Å². The van der Waals surface area contributed by atoms with Crippen molar-refractivity contribution >= 4 is 38.1 Å². The van der Waals surface area contributed by atoms with Crippen LogP contribution in [0.5, 0.6) is 0 Å². The maximum atomic E-state index is 10.4. The second-order valence-electron chi connectivity index (χ2n) is 3.21. The molecule has 0 aliphatic carbocycles. The van der Waals surface area contributed by atoms with Crippen LogP contribution in [0.3, 0.4) is 0 Å². The van der Waals surface area contributed by atoms with Crippen molar-refractivity contribution in [2.24, 2.45) is 0 Å². The third kappa shape index (κ3) is 36.0. The summed E-state index contributed by atoms with van der Waals surface area (Å²) in [6, 6.07) is 0. The van der Waals surface area contributed by atoms with Crippen LogP contribution in [-0.2, 0) is 8.23 Å². The largest absolute Gasteiger partial charge is 1.00 e. The maximum absolute atomic E-state index is 10.4. The Morgan fingerprint density at radius 1 is 0.786 bits per heavy atom. The molecule has 0 rings (SSSR count). The Hall–Kier alpha value is 3.98. The van der Waals surface area contributed by atoms with Crippen molar-refractivity contribution < 1.29 is 121 Å². The van der Waals surface area contributed by atoms with Crippen molar-refractivity contribution in [2.75, 3.05) is 0 Å². The first-order chi connectivity index (χ1) is 5.12.